The van der Waals surface area contributed by atoms with Crippen LogP contribution in [0.5, 0.6) is 0 Å². The lowest BCUT2D eigenvalue weighted by molar-refractivity contribution is 0.672. The Morgan fingerprint density at radius 1 is 0.126 bits per heavy atom. The average molecular weight is 1790 g/mol. The maximum absolute atomic E-state index is 9.83. The van der Waals surface area contributed by atoms with Gasteiger partial charge in [0.15, 0.2) is 0 Å². The van der Waals surface area contributed by atoms with E-state index in [1.807, 2.05) is 0 Å². The first-order valence-corrected chi connectivity index (χ1v) is 40.2. The number of rotatable bonds is 6. The Kier molecular flexibility index (Phi) is 7.23. The Balaban J connectivity index is 0.000000140. The lowest BCUT2D eigenvalue weighted by Gasteiger charge is -2.20. The standard InChI is InChI=1S/3C44H26O/c1-4-15-30-27(12-1)24-25-38-43-37(22-11-23-40(43)45-44(30)38)41-33-18-7-9-20-35(33)42(36-21-10-8-19-34(36)41)39-26-28-13-2-3-14-29(28)31-16-5-6-17-32(31)39;1-3-13-29-27(11-1)23-25-32-31(29)19-9-20-33(32)41-34-15-5-7-17-36(34)42(37-18-8-6-16-35(37)41)38-21-10-22-40-43(38)39-26-24-28-12-2-4-14-30(28)44(39)45-40;1-3-12-31-27(10-1)20-21-29-26-30(23-24-32(29)31)41-34-14-5-7-16-36(34)42(37-17-8-6-15-35(37)41)38-18-9-19-40-43(38)39-25-22-28-11-2-4-13-33(28)44(39)45-40/h3*1-26H/i3*1D,2D,3D,4D,5D,6D,7D,8D,9D,10D,11D,12D,13D,14D,15D,16D,17D,18D,19D,20D,21D,22D,23D,24D,25D,26D. The van der Waals surface area contributed by atoms with E-state index in [2.05, 4.69) is 0 Å². The molecule has 27 aromatic carbocycles. The van der Waals surface area contributed by atoms with E-state index in [1.165, 1.54) is 0 Å². The Hall–Kier alpha value is -17.8. The second-order valence-corrected chi connectivity index (χ2v) is 30.0. The molecule has 0 N–H and O–H groups in total. The van der Waals surface area contributed by atoms with Gasteiger partial charge in [-0.3, -0.25) is 0 Å². The van der Waals surface area contributed by atoms with Gasteiger partial charge in [0.2, 0.25) is 0 Å². The van der Waals surface area contributed by atoms with Gasteiger partial charge >= 0.3 is 0 Å². The largest absolute Gasteiger partial charge is 0.455 e. The fourth-order valence-corrected chi connectivity index (χ4v) is 17.7. The highest BCUT2D eigenvalue weighted by molar-refractivity contribution is 6.34. The third kappa shape index (κ3) is 11.8. The molecule has 3 aromatic heterocycles. The minimum atomic E-state index is -0.991. The van der Waals surface area contributed by atoms with E-state index in [0.717, 1.165) is 0 Å². The van der Waals surface area contributed by atoms with Crippen molar-refractivity contribution in [2.45, 2.75) is 0 Å². The van der Waals surface area contributed by atoms with Crippen LogP contribution in [0.25, 0.3) is 294 Å². The summed E-state index contributed by atoms with van der Waals surface area (Å²) in [5.41, 5.74) is -11.8. The highest BCUT2D eigenvalue weighted by Gasteiger charge is 2.28. The maximum Gasteiger partial charge on any atom is 0.143 e. The molecule has 0 amide bonds. The summed E-state index contributed by atoms with van der Waals surface area (Å²) in [4.78, 5) is 0. The van der Waals surface area contributed by atoms with E-state index in [4.69, 9.17) is 85.9 Å². The van der Waals surface area contributed by atoms with Crippen LogP contribution in [0.1, 0.15) is 107 Å². The topological polar surface area (TPSA) is 39.4 Å². The first kappa shape index (κ1) is 32.1. The van der Waals surface area contributed by atoms with Crippen LogP contribution in [-0.2, 0) is 0 Å². The highest BCUT2D eigenvalue weighted by atomic mass is 16.3. The van der Waals surface area contributed by atoms with Gasteiger partial charge < -0.3 is 13.3 Å². The molecule has 0 fully saturated rings. The van der Waals surface area contributed by atoms with Crippen molar-refractivity contribution in [3.63, 3.8) is 0 Å². The van der Waals surface area contributed by atoms with E-state index in [1.54, 1.807) is 0 Å². The Morgan fingerprint density at radius 3 is 0.719 bits per heavy atom. The highest BCUT2D eigenvalue weighted by Crippen LogP contribution is 2.55. The molecular formula is C132H78O3. The number of fused-ring (bicyclic) bond motifs is 30. The second kappa shape index (κ2) is 30.4. The molecular weight excluding hydrogens is 1630 g/mol. The van der Waals surface area contributed by atoms with Gasteiger partial charge in [0.25, 0.3) is 0 Å². The Labute approximate surface area is 884 Å². The van der Waals surface area contributed by atoms with Crippen molar-refractivity contribution < 1.29 is 120 Å². The average Bonchev–Trinajstić information content (AvgIpc) is 1.67. The van der Waals surface area contributed by atoms with Crippen molar-refractivity contribution in [2.24, 2.45) is 0 Å². The zero-order valence-corrected chi connectivity index (χ0v) is 67.2. The van der Waals surface area contributed by atoms with Gasteiger partial charge in [0.05, 0.1) is 107 Å². The lowest BCUT2D eigenvalue weighted by atomic mass is 9.83. The van der Waals surface area contributed by atoms with E-state index in [-0.39, 0.29) is 0 Å². The molecule has 0 radical (unpaired) electrons. The van der Waals surface area contributed by atoms with E-state index < -0.39 is 765 Å². The van der Waals surface area contributed by atoms with Crippen molar-refractivity contribution in [3.8, 4) is 66.8 Å². The fraction of sp³-hybridized carbons (Fsp3) is 0. The molecule has 135 heavy (non-hydrogen) atoms. The van der Waals surface area contributed by atoms with Crippen LogP contribution in [0.2, 0.25) is 0 Å². The summed E-state index contributed by atoms with van der Waals surface area (Å²) in [5, 5.41) is -21.2. The minimum Gasteiger partial charge on any atom is -0.455 e. The van der Waals surface area contributed by atoms with Gasteiger partial charge in [-0.2, -0.15) is 0 Å². The summed E-state index contributed by atoms with van der Waals surface area (Å²) < 4.78 is 722. The number of furan rings is 3. The van der Waals surface area contributed by atoms with Gasteiger partial charge in [-0.05, 0) is 261 Å². The lowest BCUT2D eigenvalue weighted by Crippen LogP contribution is -1.92. The molecule has 0 bridgehead atoms. The van der Waals surface area contributed by atoms with Gasteiger partial charge in [0, 0.05) is 48.5 Å². The molecule has 0 aliphatic heterocycles. The molecule has 624 valence electrons. The van der Waals surface area contributed by atoms with Gasteiger partial charge in [-0.25, -0.2) is 0 Å². The third-order valence-corrected chi connectivity index (χ3v) is 23.2. The zero-order chi connectivity index (χ0) is 156. The molecule has 0 unspecified atom stereocenters. The summed E-state index contributed by atoms with van der Waals surface area (Å²) in [6.07, 6.45) is 0. The third-order valence-electron chi connectivity index (χ3n) is 23.2. The molecule has 30 rings (SSSR count). The Morgan fingerprint density at radius 2 is 0.341 bits per heavy atom. The monoisotopic (exact) mass is 1790 g/mol. The Bertz CT molecular complexity index is 15200. The molecule has 0 aliphatic carbocycles. The molecule has 3 heteroatoms. The maximum atomic E-state index is 9.83. The van der Waals surface area contributed by atoms with Crippen LogP contribution >= 0.6 is 0 Å². The zero-order valence-electron chi connectivity index (χ0n) is 145. The summed E-state index contributed by atoms with van der Waals surface area (Å²) in [7, 11) is 0. The van der Waals surface area contributed by atoms with Crippen molar-refractivity contribution in [1.29, 1.82) is 0 Å². The molecule has 0 saturated heterocycles. The van der Waals surface area contributed by atoms with Crippen LogP contribution in [0, 0.1) is 0 Å². The molecule has 3 heterocycles. The van der Waals surface area contributed by atoms with Crippen molar-refractivity contribution >= 4 is 227 Å². The predicted molar refractivity (Wildman–Crippen MR) is 576 cm³/mol. The van der Waals surface area contributed by atoms with Gasteiger partial charge in [-0.15, -0.1) is 0 Å². The smallest absolute Gasteiger partial charge is 0.143 e. The number of hydrogen-bond donors (Lipinski definition) is 0. The minimum absolute atomic E-state index is 0.443. The molecule has 0 aliphatic rings. The number of benzene rings is 27. The predicted octanol–water partition coefficient (Wildman–Crippen LogP) is 38.1. The van der Waals surface area contributed by atoms with Crippen molar-refractivity contribution in [2.75, 3.05) is 0 Å². The SMILES string of the molecule is [2H]c1c([2H])c(-c2c3c([2H])c([2H])c([2H])c([2H])c3c(-c3c([2H])c([2H])c([2H])c4c3c([2H])c([2H])c3c([2H])c([2H])c([2H])c([2H])c34)c3c([2H])c([2H])c([2H])c([2H])c23)c2c(oc3c4c([2H])c([2H])c([2H])c([2H])c4c([2H])c([2H])c32)c1[2H].[2H]c1c([2H])c(-c2c3c([2H])c([2H])c([2H])c([2H])c3c(-c3c([2H])c([2H])c4c(c3[2H])c([2H])c([2H])c3c([2H])c([2H])c([2H])c([2H])c34)c3c([2H])c([2H])c([2H])c([2H])c23)c2c(oc3c4c([2H])c([2H])c([2H])c([2H])c4c([2H])c([2H])c32)c1[2H].[2H]c1c([2H])c(-c2c3c([2H])c([2H])c([2H])c([2H])c3c(-c3c([2H])c4c([2H])c([2H])c([2H])c([2H])c4c4c([2H])c([2H])c([2H])c([2H])c34)c3c([2H])c([2H])c([2H])c([2H])c23)c2c(oc3c4c([2H])c([2H])c([2H])c([2H])c4c([2H])c([2H])c32)c1[2H]. The summed E-state index contributed by atoms with van der Waals surface area (Å²) >= 11 is 0. The van der Waals surface area contributed by atoms with E-state index in [0.29, 0.717) is 0 Å². The molecule has 0 saturated carbocycles. The quantitative estimate of drug-likeness (QED) is 0.123. The fourth-order valence-electron chi connectivity index (χ4n) is 17.7. The molecule has 0 spiro atoms. The summed E-state index contributed by atoms with van der Waals surface area (Å²) in [6, 6.07) is -68.9. The van der Waals surface area contributed by atoms with Crippen LogP contribution in [0.3, 0.4) is 0 Å². The van der Waals surface area contributed by atoms with E-state index in [9.17, 15) is 34.3 Å². The molecule has 3 nitrogen and oxygen atoms in total. The van der Waals surface area contributed by atoms with Crippen molar-refractivity contribution in [3.05, 3.63) is 471 Å². The van der Waals surface area contributed by atoms with Crippen LogP contribution in [0.4, 0.5) is 0 Å². The van der Waals surface area contributed by atoms with Gasteiger partial charge in [-0.1, -0.05) is 423 Å². The summed E-state index contributed by atoms with van der Waals surface area (Å²) in [6.45, 7) is 0. The van der Waals surface area contributed by atoms with Gasteiger partial charge in [0.1, 0.15) is 33.5 Å². The first-order chi connectivity index (χ1) is 99.5. The van der Waals surface area contributed by atoms with Crippen LogP contribution in [0.15, 0.2) is 485 Å². The van der Waals surface area contributed by atoms with Crippen molar-refractivity contribution in [1.82, 2.24) is 0 Å². The molecule has 30 aromatic rings. The number of hydrogen-bond acceptors (Lipinski definition) is 3. The summed E-state index contributed by atoms with van der Waals surface area (Å²) in [5.74, 6) is 0. The van der Waals surface area contributed by atoms with E-state index >= 15 is 0 Å². The first-order valence-electron chi connectivity index (χ1n) is 79.2. The van der Waals surface area contributed by atoms with Crippen LogP contribution in [-0.4, -0.2) is 0 Å². The molecule has 0 atom stereocenters. The normalized spacial score (nSPS) is 20.1. The second-order valence-electron chi connectivity index (χ2n) is 30.0. The van der Waals surface area contributed by atoms with Crippen LogP contribution < -0.4 is 0 Å².